The molecule has 180 valence electrons. The number of carboxylic acid groups (broad SMARTS) is 1. The van der Waals surface area contributed by atoms with Crippen LogP contribution in [0.1, 0.15) is 11.7 Å². The normalized spacial score (nSPS) is 20.4. The van der Waals surface area contributed by atoms with Crippen LogP contribution in [0.4, 0.5) is 9.93 Å². The van der Waals surface area contributed by atoms with Gasteiger partial charge in [0.2, 0.25) is 11.1 Å². The molecule has 0 spiro atoms. The van der Waals surface area contributed by atoms with Gasteiger partial charge in [0.05, 0.1) is 5.69 Å². The standard InChI is InChI=1S/C16H18N10O5S3/c1-25-16(22-23-24-25)34-3-5-2-32-12-8(11(28)26(12)9(5)13(29)30)20-10(27)7(21-14(17)31)6-4-33-15(18)19-6/h4,7-8,12H,2-3H2,1H3,(H2,18,19)(H,20,27)(H,29,30)(H3,17,21,31)/t7?,8-,12-/m0/s1. The van der Waals surface area contributed by atoms with Crippen molar-refractivity contribution in [2.24, 2.45) is 12.8 Å². The molecule has 0 bridgehead atoms. The molecule has 0 saturated carbocycles. The zero-order valence-electron chi connectivity index (χ0n) is 17.4. The first-order chi connectivity index (χ1) is 16.2. The molecule has 4 rings (SSSR count). The number of thioether (sulfide) groups is 2. The Kier molecular flexibility index (Phi) is 6.62. The first kappa shape index (κ1) is 23.8. The van der Waals surface area contributed by atoms with Crippen LogP contribution in [0.25, 0.3) is 0 Å². The van der Waals surface area contributed by atoms with Gasteiger partial charge in [-0.05, 0) is 16.0 Å². The van der Waals surface area contributed by atoms with Crippen molar-refractivity contribution >= 4 is 63.8 Å². The number of nitrogen functional groups attached to an aromatic ring is 1. The Balaban J connectivity index is 1.49. The maximum atomic E-state index is 12.9. The molecule has 4 amide bonds. The highest BCUT2D eigenvalue weighted by atomic mass is 32.2. The second kappa shape index (κ2) is 9.47. The largest absolute Gasteiger partial charge is 0.477 e. The lowest BCUT2D eigenvalue weighted by Gasteiger charge is -2.49. The molecule has 1 saturated heterocycles. The number of nitrogens with zero attached hydrogens (tertiary/aromatic N) is 6. The molecule has 1 unspecified atom stereocenters. The fourth-order valence-corrected chi connectivity index (χ4v) is 6.30. The Morgan fingerprint density at radius 2 is 2.18 bits per heavy atom. The van der Waals surface area contributed by atoms with Gasteiger partial charge in [-0.1, -0.05) is 11.8 Å². The molecule has 2 aliphatic rings. The van der Waals surface area contributed by atoms with E-state index in [0.29, 0.717) is 16.5 Å². The number of β-lactam (4-membered cyclic amide) rings is 1. The predicted molar refractivity (Wildman–Crippen MR) is 121 cm³/mol. The van der Waals surface area contributed by atoms with Gasteiger partial charge in [0.25, 0.3) is 5.91 Å². The third kappa shape index (κ3) is 4.50. The molecule has 0 aromatic carbocycles. The number of hydrogen-bond acceptors (Lipinski definition) is 12. The number of carboxylic acids is 1. The van der Waals surface area contributed by atoms with Crippen molar-refractivity contribution in [2.45, 2.75) is 22.6 Å². The van der Waals surface area contributed by atoms with Gasteiger partial charge in [0.1, 0.15) is 17.1 Å². The van der Waals surface area contributed by atoms with Crippen LogP contribution in [-0.2, 0) is 21.4 Å². The zero-order valence-corrected chi connectivity index (χ0v) is 19.8. The number of carbonyl (C=O) groups excluding carboxylic acids is 3. The van der Waals surface area contributed by atoms with Gasteiger partial charge in [-0.3, -0.25) is 14.5 Å². The van der Waals surface area contributed by atoms with Crippen molar-refractivity contribution in [2.75, 3.05) is 17.2 Å². The molecule has 2 aliphatic heterocycles. The molecule has 2 aromatic rings. The number of aromatic nitrogens is 5. The molecule has 2 aromatic heterocycles. The number of fused-ring (bicyclic) bond motifs is 1. The van der Waals surface area contributed by atoms with Crippen molar-refractivity contribution in [1.82, 2.24) is 40.7 Å². The number of nitrogens with two attached hydrogens (primary N) is 2. The first-order valence-corrected chi connectivity index (χ1v) is 12.4. The van der Waals surface area contributed by atoms with Gasteiger partial charge in [-0.25, -0.2) is 19.3 Å². The molecule has 18 heteroatoms. The van der Waals surface area contributed by atoms with Crippen molar-refractivity contribution in [1.29, 1.82) is 0 Å². The molecule has 0 radical (unpaired) electrons. The second-order valence-corrected chi connectivity index (χ2v) is 10.0. The summed E-state index contributed by atoms with van der Waals surface area (Å²) in [6.45, 7) is 0. The molecule has 0 aliphatic carbocycles. The van der Waals surface area contributed by atoms with Crippen LogP contribution >= 0.6 is 34.9 Å². The van der Waals surface area contributed by atoms with Crippen molar-refractivity contribution in [3.05, 3.63) is 22.3 Å². The lowest BCUT2D eigenvalue weighted by atomic mass is 10.0. The maximum Gasteiger partial charge on any atom is 0.352 e. The highest BCUT2D eigenvalue weighted by Crippen LogP contribution is 2.41. The summed E-state index contributed by atoms with van der Waals surface area (Å²) in [7, 11) is 1.66. The smallest absolute Gasteiger partial charge is 0.352 e. The molecule has 1 fully saturated rings. The van der Waals surface area contributed by atoms with E-state index in [1.807, 2.05) is 0 Å². The van der Waals surface area contributed by atoms with E-state index in [1.165, 1.54) is 33.6 Å². The fraction of sp³-hybridized carbons (Fsp3) is 0.375. The number of nitrogens with one attached hydrogen (secondary N) is 2. The minimum absolute atomic E-state index is 0.124. The van der Waals surface area contributed by atoms with Crippen LogP contribution in [-0.4, -0.2) is 81.9 Å². The molecule has 3 atom stereocenters. The molecule has 15 nitrogen and oxygen atoms in total. The number of carbonyl (C=O) groups is 4. The Morgan fingerprint density at radius 1 is 1.41 bits per heavy atom. The van der Waals surface area contributed by atoms with E-state index in [4.69, 9.17) is 11.5 Å². The van der Waals surface area contributed by atoms with Crippen LogP contribution in [0.15, 0.2) is 21.8 Å². The van der Waals surface area contributed by atoms with Crippen molar-refractivity contribution in [3.63, 3.8) is 0 Å². The zero-order chi connectivity index (χ0) is 24.6. The number of amides is 4. The van der Waals surface area contributed by atoms with E-state index < -0.39 is 41.3 Å². The number of rotatable bonds is 8. The minimum atomic E-state index is -1.26. The summed E-state index contributed by atoms with van der Waals surface area (Å²) in [5, 5.41) is 27.3. The van der Waals surface area contributed by atoms with Gasteiger partial charge in [0, 0.05) is 23.9 Å². The van der Waals surface area contributed by atoms with E-state index in [1.54, 1.807) is 7.05 Å². The van der Waals surface area contributed by atoms with Gasteiger partial charge in [-0.15, -0.1) is 28.2 Å². The number of thiazole rings is 1. The number of aliphatic carboxylic acids is 1. The monoisotopic (exact) mass is 526 g/mol. The highest BCUT2D eigenvalue weighted by molar-refractivity contribution is 8.01. The Hall–Kier alpha value is -3.38. The average molecular weight is 527 g/mol. The molecule has 4 heterocycles. The van der Waals surface area contributed by atoms with Gasteiger partial charge in [-0.2, -0.15) is 0 Å². The Bertz CT molecular complexity index is 1200. The van der Waals surface area contributed by atoms with Crippen LogP contribution in [0.3, 0.4) is 0 Å². The quantitative estimate of drug-likeness (QED) is 0.195. The number of tetrazole rings is 1. The summed E-state index contributed by atoms with van der Waals surface area (Å²) < 4.78 is 1.46. The lowest BCUT2D eigenvalue weighted by Crippen LogP contribution is -2.71. The Labute approximate surface area is 203 Å². The van der Waals surface area contributed by atoms with E-state index in [0.717, 1.165) is 16.2 Å². The minimum Gasteiger partial charge on any atom is -0.477 e. The molecular weight excluding hydrogens is 508 g/mol. The summed E-state index contributed by atoms with van der Waals surface area (Å²) in [6, 6.07) is -3.21. The second-order valence-electron chi connectivity index (χ2n) is 7.08. The molecular formula is C16H18N10O5S3. The third-order valence-electron chi connectivity index (χ3n) is 4.89. The lowest BCUT2D eigenvalue weighted by molar-refractivity contribution is -0.151. The number of anilines is 1. The molecule has 7 N–H and O–H groups in total. The highest BCUT2D eigenvalue weighted by Gasteiger charge is 2.54. The van der Waals surface area contributed by atoms with E-state index in [-0.39, 0.29) is 22.3 Å². The summed E-state index contributed by atoms with van der Waals surface area (Å²) in [4.78, 5) is 54.3. The van der Waals surface area contributed by atoms with Crippen molar-refractivity contribution < 1.29 is 24.3 Å². The number of aryl methyl sites for hydroxylation is 1. The van der Waals surface area contributed by atoms with Gasteiger partial charge in [0.15, 0.2) is 11.2 Å². The van der Waals surface area contributed by atoms with E-state index in [2.05, 4.69) is 31.1 Å². The van der Waals surface area contributed by atoms with E-state index in [9.17, 15) is 24.3 Å². The van der Waals surface area contributed by atoms with Gasteiger partial charge >= 0.3 is 12.0 Å². The van der Waals surface area contributed by atoms with Crippen LogP contribution in [0.2, 0.25) is 0 Å². The van der Waals surface area contributed by atoms with Crippen molar-refractivity contribution in [3.8, 4) is 0 Å². The summed E-state index contributed by atoms with van der Waals surface area (Å²) in [6.07, 6.45) is 0. The number of primary amides is 1. The predicted octanol–water partition coefficient (Wildman–Crippen LogP) is -1.51. The van der Waals surface area contributed by atoms with E-state index >= 15 is 0 Å². The summed E-state index contributed by atoms with van der Waals surface area (Å²) in [5.74, 6) is -1.96. The van der Waals surface area contributed by atoms with Crippen LogP contribution < -0.4 is 22.1 Å². The summed E-state index contributed by atoms with van der Waals surface area (Å²) >= 11 is 3.63. The third-order valence-corrected chi connectivity index (χ3v) is 8.02. The molecule has 34 heavy (non-hydrogen) atoms. The SMILES string of the molecule is Cn1nnnc1SCC1=C(C(=O)O)N2C(=O)[C@H](NC(=O)C(NC(N)=O)c3csc(N)n3)[C@@H]2SC1. The maximum absolute atomic E-state index is 12.9. The van der Waals surface area contributed by atoms with Gasteiger partial charge < -0.3 is 27.2 Å². The number of hydrogen-bond donors (Lipinski definition) is 5. The van der Waals surface area contributed by atoms with Crippen LogP contribution in [0, 0.1) is 0 Å². The van der Waals surface area contributed by atoms with Crippen LogP contribution in [0.5, 0.6) is 0 Å². The summed E-state index contributed by atoms with van der Waals surface area (Å²) in [5.41, 5.74) is 11.4. The fourth-order valence-electron chi connectivity index (χ4n) is 3.38. The Morgan fingerprint density at radius 3 is 2.76 bits per heavy atom. The first-order valence-electron chi connectivity index (χ1n) is 9.49. The number of urea groups is 1. The average Bonchev–Trinajstić information content (AvgIpc) is 3.40. The topological polar surface area (TPSA) is 224 Å².